The van der Waals surface area contributed by atoms with Gasteiger partial charge in [0.05, 0.1) is 21.8 Å². The fourth-order valence-corrected chi connectivity index (χ4v) is 4.50. The van der Waals surface area contributed by atoms with Crippen molar-refractivity contribution >= 4 is 44.9 Å². The summed E-state index contributed by atoms with van der Waals surface area (Å²) < 4.78 is 2.04. The molecule has 4 nitrogen and oxygen atoms in total. The molecule has 0 bridgehead atoms. The fraction of sp³-hybridized carbons (Fsp3) is 0.227. The van der Waals surface area contributed by atoms with E-state index in [0.717, 1.165) is 39.6 Å². The van der Waals surface area contributed by atoms with Crippen molar-refractivity contribution < 1.29 is 4.79 Å². The van der Waals surface area contributed by atoms with Gasteiger partial charge >= 0.3 is 0 Å². The molecule has 0 aliphatic carbocycles. The molecular weight excluding hydrogens is 386 g/mol. The van der Waals surface area contributed by atoms with E-state index in [9.17, 15) is 4.79 Å². The summed E-state index contributed by atoms with van der Waals surface area (Å²) in [7, 11) is 0. The van der Waals surface area contributed by atoms with Crippen LogP contribution in [0.15, 0.2) is 46.8 Å². The highest BCUT2D eigenvalue weighted by Crippen LogP contribution is 2.31. The van der Waals surface area contributed by atoms with Crippen molar-refractivity contribution in [1.82, 2.24) is 4.98 Å². The molecule has 0 fully saturated rings. The zero-order valence-electron chi connectivity index (χ0n) is 15.5. The van der Waals surface area contributed by atoms with E-state index in [4.69, 9.17) is 5.26 Å². The van der Waals surface area contributed by atoms with E-state index in [1.54, 1.807) is 47.4 Å². The fourth-order valence-electron chi connectivity index (χ4n) is 2.47. The summed E-state index contributed by atoms with van der Waals surface area (Å²) >= 11 is 3.33. The molecule has 0 spiro atoms. The van der Waals surface area contributed by atoms with E-state index in [0.29, 0.717) is 16.8 Å². The topological polar surface area (TPSA) is 65.8 Å². The third-order valence-electron chi connectivity index (χ3n) is 3.83. The number of carbonyl (C=O) groups is 1. The number of nitrogens with one attached hydrogen (secondary N) is 1. The quantitative estimate of drug-likeness (QED) is 0.324. The molecule has 0 saturated heterocycles. The minimum Gasteiger partial charge on any atom is -0.322 e. The molecule has 6 heteroatoms. The molecule has 1 N–H and O–H groups in total. The number of thioether (sulfide) groups is 1. The lowest BCUT2D eigenvalue weighted by molar-refractivity contribution is 0.102. The molecule has 0 unspecified atom stereocenters. The average molecular weight is 406 g/mol. The van der Waals surface area contributed by atoms with Crippen molar-refractivity contribution in [2.75, 3.05) is 11.1 Å². The first-order valence-electron chi connectivity index (χ1n) is 9.00. The standard InChI is InChI=1S/C22H19N3OS2/c1-2-3-4-5-6-12-27-22-25-19-11-10-18(14-20(19)28-22)24-21(26)17-9-7-8-16(13-17)15-23/h7-11,13-14H,2-3,6,12H2,1H3,(H,24,26). The molecular formula is C22H19N3OS2. The Hall–Kier alpha value is -2.80. The minimum absolute atomic E-state index is 0.235. The summed E-state index contributed by atoms with van der Waals surface area (Å²) in [5, 5.41) is 11.9. The third-order valence-corrected chi connectivity index (χ3v) is 6.00. The van der Waals surface area contributed by atoms with Crippen LogP contribution in [0.4, 0.5) is 5.69 Å². The Morgan fingerprint density at radius 3 is 2.89 bits per heavy atom. The SMILES string of the molecule is CCCC#CCCSc1nc2ccc(NC(=O)c3cccc(C#N)c3)cc2s1. The first kappa shape index (κ1) is 19.9. The minimum atomic E-state index is -0.235. The number of hydrogen-bond donors (Lipinski definition) is 1. The Bertz CT molecular complexity index is 1090. The second-order valence-corrected chi connectivity index (χ2v) is 8.38. The Morgan fingerprint density at radius 1 is 1.21 bits per heavy atom. The number of thiazole rings is 1. The number of unbranched alkanes of at least 4 members (excludes halogenated alkanes) is 1. The molecule has 3 rings (SSSR count). The number of rotatable bonds is 6. The van der Waals surface area contributed by atoms with Gasteiger partial charge in [0.2, 0.25) is 0 Å². The predicted octanol–water partition coefficient (Wildman–Crippen LogP) is 5.71. The van der Waals surface area contributed by atoms with Crippen molar-refractivity contribution in [3.05, 3.63) is 53.6 Å². The number of nitriles is 1. The summed E-state index contributed by atoms with van der Waals surface area (Å²) in [6.45, 7) is 2.13. The van der Waals surface area contributed by atoms with Crippen LogP contribution in [0.25, 0.3) is 10.2 Å². The first-order chi connectivity index (χ1) is 13.7. The van der Waals surface area contributed by atoms with Crippen molar-refractivity contribution in [2.45, 2.75) is 30.5 Å². The van der Waals surface area contributed by atoms with Crippen LogP contribution in [-0.4, -0.2) is 16.6 Å². The van der Waals surface area contributed by atoms with Gasteiger partial charge in [0.1, 0.15) is 0 Å². The largest absolute Gasteiger partial charge is 0.322 e. The first-order valence-corrected chi connectivity index (χ1v) is 10.8. The zero-order valence-corrected chi connectivity index (χ0v) is 17.1. The average Bonchev–Trinajstić information content (AvgIpc) is 3.12. The van der Waals surface area contributed by atoms with Gasteiger partial charge in [0.15, 0.2) is 4.34 Å². The molecule has 3 aromatic rings. The smallest absolute Gasteiger partial charge is 0.255 e. The van der Waals surface area contributed by atoms with Crippen LogP contribution in [0.3, 0.4) is 0 Å². The second-order valence-electron chi connectivity index (χ2n) is 6.01. The van der Waals surface area contributed by atoms with Crippen LogP contribution in [0.2, 0.25) is 0 Å². The van der Waals surface area contributed by atoms with Gasteiger partial charge in [-0.1, -0.05) is 24.8 Å². The lowest BCUT2D eigenvalue weighted by atomic mass is 10.1. The molecule has 0 aliphatic rings. The van der Waals surface area contributed by atoms with Crippen molar-refractivity contribution in [2.24, 2.45) is 0 Å². The van der Waals surface area contributed by atoms with E-state index in [1.165, 1.54) is 0 Å². The summed E-state index contributed by atoms with van der Waals surface area (Å²) in [4.78, 5) is 17.1. The lowest BCUT2D eigenvalue weighted by Crippen LogP contribution is -2.11. The number of aromatic nitrogens is 1. The molecule has 1 heterocycles. The third kappa shape index (κ3) is 5.36. The predicted molar refractivity (Wildman–Crippen MR) is 117 cm³/mol. The maximum atomic E-state index is 12.4. The van der Waals surface area contributed by atoms with Gasteiger partial charge in [-0.25, -0.2) is 4.98 Å². The molecule has 0 atom stereocenters. The molecule has 140 valence electrons. The number of benzene rings is 2. The Labute approximate surface area is 173 Å². The van der Waals surface area contributed by atoms with Crippen LogP contribution in [-0.2, 0) is 0 Å². The molecule has 0 radical (unpaired) electrons. The number of amides is 1. The number of carbonyl (C=O) groups excluding carboxylic acids is 1. The molecule has 28 heavy (non-hydrogen) atoms. The summed E-state index contributed by atoms with van der Waals surface area (Å²) in [5.41, 5.74) is 2.56. The normalized spacial score (nSPS) is 10.1. The molecule has 0 aliphatic heterocycles. The van der Waals surface area contributed by atoms with E-state index in [2.05, 4.69) is 29.1 Å². The maximum absolute atomic E-state index is 12.4. The highest BCUT2D eigenvalue weighted by molar-refractivity contribution is 8.01. The van der Waals surface area contributed by atoms with Gasteiger partial charge < -0.3 is 5.32 Å². The number of fused-ring (bicyclic) bond motifs is 1. The summed E-state index contributed by atoms with van der Waals surface area (Å²) in [5.74, 6) is 7.03. The summed E-state index contributed by atoms with van der Waals surface area (Å²) in [6.07, 6.45) is 2.92. The Morgan fingerprint density at radius 2 is 2.07 bits per heavy atom. The van der Waals surface area contributed by atoms with Crippen LogP contribution < -0.4 is 5.32 Å². The van der Waals surface area contributed by atoms with Gasteiger partial charge in [0, 0.05) is 29.8 Å². The number of nitrogens with zero attached hydrogens (tertiary/aromatic N) is 2. The highest BCUT2D eigenvalue weighted by atomic mass is 32.2. The van der Waals surface area contributed by atoms with Gasteiger partial charge in [0.25, 0.3) is 5.91 Å². The molecule has 1 aromatic heterocycles. The van der Waals surface area contributed by atoms with E-state index in [1.807, 2.05) is 24.3 Å². The second kappa shape index (κ2) is 9.94. The van der Waals surface area contributed by atoms with Crippen LogP contribution in [0.1, 0.15) is 42.1 Å². The van der Waals surface area contributed by atoms with E-state index in [-0.39, 0.29) is 5.91 Å². The zero-order chi connectivity index (χ0) is 19.8. The number of anilines is 1. The Balaban J connectivity index is 1.64. The van der Waals surface area contributed by atoms with Crippen molar-refractivity contribution in [3.63, 3.8) is 0 Å². The van der Waals surface area contributed by atoms with Crippen LogP contribution in [0, 0.1) is 23.2 Å². The lowest BCUT2D eigenvalue weighted by Gasteiger charge is -2.05. The van der Waals surface area contributed by atoms with Crippen LogP contribution in [0.5, 0.6) is 0 Å². The van der Waals surface area contributed by atoms with Gasteiger partial charge in [-0.3, -0.25) is 4.79 Å². The summed E-state index contributed by atoms with van der Waals surface area (Å²) in [6, 6.07) is 14.4. The van der Waals surface area contributed by atoms with Gasteiger partial charge in [-0.15, -0.1) is 23.2 Å². The number of hydrogen-bond acceptors (Lipinski definition) is 5. The van der Waals surface area contributed by atoms with E-state index >= 15 is 0 Å². The maximum Gasteiger partial charge on any atom is 0.255 e. The molecule has 1 amide bonds. The van der Waals surface area contributed by atoms with Crippen molar-refractivity contribution in [1.29, 1.82) is 5.26 Å². The van der Waals surface area contributed by atoms with Gasteiger partial charge in [-0.05, 0) is 42.8 Å². The highest BCUT2D eigenvalue weighted by Gasteiger charge is 2.09. The molecule has 0 saturated carbocycles. The molecule has 2 aromatic carbocycles. The monoisotopic (exact) mass is 405 g/mol. The van der Waals surface area contributed by atoms with Crippen LogP contribution >= 0.6 is 23.1 Å². The van der Waals surface area contributed by atoms with Crippen molar-refractivity contribution in [3.8, 4) is 17.9 Å². The Kier molecular flexibility index (Phi) is 7.08. The van der Waals surface area contributed by atoms with Gasteiger partial charge in [-0.2, -0.15) is 5.26 Å². The van der Waals surface area contributed by atoms with E-state index < -0.39 is 0 Å².